The third-order valence-electron chi connectivity index (χ3n) is 1.83. The first kappa shape index (κ1) is 11.2. The normalized spacial score (nSPS) is 11.6. The van der Waals surface area contributed by atoms with Gasteiger partial charge in [0.2, 0.25) is 0 Å². The Hall–Kier alpha value is -0.900. The number of aromatic nitrogens is 3. The van der Waals surface area contributed by atoms with Crippen LogP contribution in [0.25, 0.3) is 0 Å². The van der Waals surface area contributed by atoms with Gasteiger partial charge in [0.25, 0.3) is 0 Å². The molecule has 0 radical (unpaired) electrons. The van der Waals surface area contributed by atoms with E-state index in [-0.39, 0.29) is 0 Å². The maximum Gasteiger partial charge on any atom is 0.0964 e. The molecule has 0 fully saturated rings. The minimum absolute atomic E-state index is 0.491. The molecule has 0 amide bonds. The van der Waals surface area contributed by atoms with Crippen molar-refractivity contribution < 1.29 is 0 Å². The van der Waals surface area contributed by atoms with Crippen LogP contribution in [0.3, 0.4) is 0 Å². The predicted molar refractivity (Wildman–Crippen MR) is 56.8 cm³/mol. The molecule has 0 aliphatic rings. The Balaban J connectivity index is 2.42. The average molecular weight is 196 g/mol. The first-order valence-corrected chi connectivity index (χ1v) is 5.20. The third kappa shape index (κ3) is 3.87. The van der Waals surface area contributed by atoms with Gasteiger partial charge in [-0.15, -0.1) is 5.10 Å². The fourth-order valence-electron chi connectivity index (χ4n) is 1.19. The van der Waals surface area contributed by atoms with E-state index in [1.54, 1.807) is 0 Å². The van der Waals surface area contributed by atoms with Gasteiger partial charge in [-0.25, -0.2) is 0 Å². The van der Waals surface area contributed by atoms with E-state index in [4.69, 9.17) is 0 Å². The average Bonchev–Trinajstić information content (AvgIpc) is 2.47. The monoisotopic (exact) mass is 196 g/mol. The van der Waals surface area contributed by atoms with Crippen molar-refractivity contribution in [3.63, 3.8) is 0 Å². The molecule has 0 atom stereocenters. The Morgan fingerprint density at radius 1 is 1.36 bits per heavy atom. The molecule has 4 heteroatoms. The summed E-state index contributed by atoms with van der Waals surface area (Å²) < 4.78 is 1.90. The Morgan fingerprint density at radius 2 is 2.07 bits per heavy atom. The summed E-state index contributed by atoms with van der Waals surface area (Å²) in [6.07, 6.45) is 2.01. The van der Waals surface area contributed by atoms with Crippen LogP contribution in [0, 0.1) is 5.92 Å². The van der Waals surface area contributed by atoms with Gasteiger partial charge in [0.05, 0.1) is 5.69 Å². The lowest BCUT2D eigenvalue weighted by Crippen LogP contribution is -2.21. The largest absolute Gasteiger partial charge is 0.309 e. The molecule has 0 aliphatic carbocycles. The second-order valence-electron chi connectivity index (χ2n) is 4.36. The van der Waals surface area contributed by atoms with E-state index in [9.17, 15) is 0 Å². The van der Waals surface area contributed by atoms with Crippen molar-refractivity contribution in [3.05, 3.63) is 11.9 Å². The Morgan fingerprint density at radius 3 is 2.64 bits per heavy atom. The molecule has 0 saturated heterocycles. The standard InChI is InChI=1S/C10H20N4/c1-8(2)6-14-7-10(12-13-14)5-11-9(3)4/h7-9,11H,5-6H2,1-4H3. The highest BCUT2D eigenvalue weighted by atomic mass is 15.4. The van der Waals surface area contributed by atoms with Gasteiger partial charge >= 0.3 is 0 Å². The molecule has 0 unspecified atom stereocenters. The van der Waals surface area contributed by atoms with Crippen LogP contribution in [0.5, 0.6) is 0 Å². The van der Waals surface area contributed by atoms with Gasteiger partial charge in [0.15, 0.2) is 0 Å². The molecule has 0 bridgehead atoms. The Kier molecular flexibility index (Phi) is 4.07. The van der Waals surface area contributed by atoms with E-state index in [0.29, 0.717) is 12.0 Å². The number of hydrogen-bond donors (Lipinski definition) is 1. The third-order valence-corrected chi connectivity index (χ3v) is 1.83. The summed E-state index contributed by atoms with van der Waals surface area (Å²) in [7, 11) is 0. The fraction of sp³-hybridized carbons (Fsp3) is 0.800. The van der Waals surface area contributed by atoms with E-state index < -0.39 is 0 Å². The van der Waals surface area contributed by atoms with Crippen molar-refractivity contribution >= 4 is 0 Å². The maximum atomic E-state index is 4.09. The van der Waals surface area contributed by atoms with Crippen LogP contribution in [-0.4, -0.2) is 21.0 Å². The summed E-state index contributed by atoms with van der Waals surface area (Å²) in [5, 5.41) is 11.5. The van der Waals surface area contributed by atoms with E-state index in [2.05, 4.69) is 43.3 Å². The van der Waals surface area contributed by atoms with Gasteiger partial charge in [-0.05, 0) is 5.92 Å². The summed E-state index contributed by atoms with van der Waals surface area (Å²) in [4.78, 5) is 0. The van der Waals surface area contributed by atoms with Crippen molar-refractivity contribution in [1.82, 2.24) is 20.3 Å². The van der Waals surface area contributed by atoms with E-state index in [0.717, 1.165) is 18.8 Å². The molecule has 0 aliphatic heterocycles. The molecule has 0 saturated carbocycles. The molecular weight excluding hydrogens is 176 g/mol. The van der Waals surface area contributed by atoms with Gasteiger partial charge in [-0.2, -0.15) is 0 Å². The van der Waals surface area contributed by atoms with Crippen molar-refractivity contribution in [3.8, 4) is 0 Å². The molecule has 1 aromatic heterocycles. The van der Waals surface area contributed by atoms with Crippen LogP contribution in [0.4, 0.5) is 0 Å². The highest BCUT2D eigenvalue weighted by Gasteiger charge is 2.02. The second-order valence-corrected chi connectivity index (χ2v) is 4.36. The highest BCUT2D eigenvalue weighted by molar-refractivity contribution is 4.91. The first-order chi connectivity index (χ1) is 6.58. The number of nitrogens with one attached hydrogen (secondary N) is 1. The topological polar surface area (TPSA) is 42.7 Å². The zero-order valence-corrected chi connectivity index (χ0v) is 9.49. The van der Waals surface area contributed by atoms with Crippen molar-refractivity contribution in [2.45, 2.75) is 46.8 Å². The Bertz CT molecular complexity index is 265. The molecule has 0 aromatic carbocycles. The lowest BCUT2D eigenvalue weighted by molar-refractivity contribution is 0.472. The van der Waals surface area contributed by atoms with Gasteiger partial charge in [0.1, 0.15) is 0 Å². The van der Waals surface area contributed by atoms with Crippen LogP contribution >= 0.6 is 0 Å². The summed E-state index contributed by atoms with van der Waals surface area (Å²) in [6.45, 7) is 10.3. The summed E-state index contributed by atoms with van der Waals surface area (Å²) >= 11 is 0. The SMILES string of the molecule is CC(C)Cn1cc(CNC(C)C)nn1. The smallest absolute Gasteiger partial charge is 0.0964 e. The maximum absolute atomic E-state index is 4.09. The number of hydrogen-bond acceptors (Lipinski definition) is 3. The molecule has 80 valence electrons. The quantitative estimate of drug-likeness (QED) is 0.774. The van der Waals surface area contributed by atoms with Gasteiger partial charge in [-0.3, -0.25) is 4.68 Å². The second kappa shape index (κ2) is 5.10. The summed E-state index contributed by atoms with van der Waals surface area (Å²) in [5.41, 5.74) is 1.01. The van der Waals surface area contributed by atoms with Crippen LogP contribution in [0.1, 0.15) is 33.4 Å². The highest BCUT2D eigenvalue weighted by Crippen LogP contribution is 1.99. The molecule has 1 rings (SSSR count). The summed E-state index contributed by atoms with van der Waals surface area (Å²) in [5.74, 6) is 0.614. The number of rotatable bonds is 5. The lowest BCUT2D eigenvalue weighted by atomic mass is 10.2. The molecule has 1 N–H and O–H groups in total. The van der Waals surface area contributed by atoms with Crippen LogP contribution in [-0.2, 0) is 13.1 Å². The zero-order valence-electron chi connectivity index (χ0n) is 9.49. The lowest BCUT2D eigenvalue weighted by Gasteiger charge is -2.04. The fourth-order valence-corrected chi connectivity index (χ4v) is 1.19. The molecule has 0 spiro atoms. The van der Waals surface area contributed by atoms with Crippen molar-refractivity contribution in [1.29, 1.82) is 0 Å². The van der Waals surface area contributed by atoms with Gasteiger partial charge in [-0.1, -0.05) is 32.9 Å². The van der Waals surface area contributed by atoms with Crippen LogP contribution in [0.2, 0.25) is 0 Å². The van der Waals surface area contributed by atoms with Gasteiger partial charge < -0.3 is 5.32 Å². The predicted octanol–water partition coefficient (Wildman–Crippen LogP) is 1.43. The van der Waals surface area contributed by atoms with Crippen molar-refractivity contribution in [2.24, 2.45) is 5.92 Å². The van der Waals surface area contributed by atoms with E-state index >= 15 is 0 Å². The van der Waals surface area contributed by atoms with Gasteiger partial charge in [0, 0.05) is 25.3 Å². The van der Waals surface area contributed by atoms with E-state index in [1.807, 2.05) is 10.9 Å². The molecular formula is C10H20N4. The molecule has 14 heavy (non-hydrogen) atoms. The minimum Gasteiger partial charge on any atom is -0.309 e. The molecule has 1 aromatic rings. The van der Waals surface area contributed by atoms with Crippen LogP contribution in [0.15, 0.2) is 6.20 Å². The minimum atomic E-state index is 0.491. The Labute approximate surface area is 85.7 Å². The first-order valence-electron chi connectivity index (χ1n) is 5.20. The van der Waals surface area contributed by atoms with Crippen molar-refractivity contribution in [2.75, 3.05) is 0 Å². The molecule has 1 heterocycles. The van der Waals surface area contributed by atoms with E-state index in [1.165, 1.54) is 0 Å². The number of nitrogens with zero attached hydrogens (tertiary/aromatic N) is 3. The molecule has 4 nitrogen and oxygen atoms in total. The van der Waals surface area contributed by atoms with Crippen LogP contribution < -0.4 is 5.32 Å². The zero-order chi connectivity index (χ0) is 10.6. The summed E-state index contributed by atoms with van der Waals surface area (Å²) in [6, 6.07) is 0.491.